The van der Waals surface area contributed by atoms with Gasteiger partial charge in [0.2, 0.25) is 10.0 Å². The molecule has 2 N–H and O–H groups in total. The van der Waals surface area contributed by atoms with Crippen molar-refractivity contribution in [3.8, 4) is 0 Å². The zero-order valence-electron chi connectivity index (χ0n) is 15.6. The quantitative estimate of drug-likeness (QED) is 0.761. The molecule has 6 nitrogen and oxygen atoms in total. The van der Waals surface area contributed by atoms with E-state index in [1.807, 2.05) is 0 Å². The van der Waals surface area contributed by atoms with Gasteiger partial charge < -0.3 is 5.32 Å². The number of amides is 1. The molecular formula is C19H29N3O3S. The van der Waals surface area contributed by atoms with E-state index in [0.717, 1.165) is 25.9 Å². The first kappa shape index (κ1) is 19.3. The summed E-state index contributed by atoms with van der Waals surface area (Å²) in [6.07, 6.45) is 5.43. The van der Waals surface area contributed by atoms with Crippen molar-refractivity contribution in [1.29, 1.82) is 0 Å². The molecule has 1 amide bonds. The van der Waals surface area contributed by atoms with E-state index in [-0.39, 0.29) is 22.4 Å². The SMILES string of the molecule is CC(C)(CNC(=O)c1cccc(S(=O)(=O)NC2CC2)c1)N1CCCCC1. The molecule has 0 bridgehead atoms. The molecule has 144 valence electrons. The van der Waals surface area contributed by atoms with Crippen LogP contribution >= 0.6 is 0 Å². The van der Waals surface area contributed by atoms with Crippen LogP contribution in [0.4, 0.5) is 0 Å². The average molecular weight is 380 g/mol. The Morgan fingerprint density at radius 1 is 1.19 bits per heavy atom. The second-order valence-electron chi connectivity index (χ2n) is 7.97. The highest BCUT2D eigenvalue weighted by molar-refractivity contribution is 7.89. The monoisotopic (exact) mass is 379 g/mol. The summed E-state index contributed by atoms with van der Waals surface area (Å²) in [7, 11) is -3.55. The number of hydrogen-bond donors (Lipinski definition) is 2. The minimum atomic E-state index is -3.55. The number of rotatable bonds is 7. The lowest BCUT2D eigenvalue weighted by Crippen LogP contribution is -2.53. The molecule has 3 rings (SSSR count). The van der Waals surface area contributed by atoms with E-state index in [9.17, 15) is 13.2 Å². The number of nitrogens with zero attached hydrogens (tertiary/aromatic N) is 1. The van der Waals surface area contributed by atoms with Crippen LogP contribution in [-0.4, -0.2) is 50.4 Å². The van der Waals surface area contributed by atoms with Crippen LogP contribution in [0.25, 0.3) is 0 Å². The maximum Gasteiger partial charge on any atom is 0.251 e. The van der Waals surface area contributed by atoms with Crippen molar-refractivity contribution < 1.29 is 13.2 Å². The Kier molecular flexibility index (Phi) is 5.69. The smallest absolute Gasteiger partial charge is 0.251 e. The van der Waals surface area contributed by atoms with Gasteiger partial charge in [-0.15, -0.1) is 0 Å². The molecule has 0 radical (unpaired) electrons. The summed E-state index contributed by atoms with van der Waals surface area (Å²) in [5.41, 5.74) is 0.255. The molecule has 2 fully saturated rings. The predicted molar refractivity (Wildman–Crippen MR) is 102 cm³/mol. The zero-order chi connectivity index (χ0) is 18.8. The molecule has 1 aliphatic carbocycles. The summed E-state index contributed by atoms with van der Waals surface area (Å²) in [5, 5.41) is 2.97. The maximum absolute atomic E-state index is 12.5. The minimum absolute atomic E-state index is 0.0443. The summed E-state index contributed by atoms with van der Waals surface area (Å²) >= 11 is 0. The van der Waals surface area contributed by atoms with Crippen molar-refractivity contribution in [3.63, 3.8) is 0 Å². The van der Waals surface area contributed by atoms with Crippen LogP contribution in [0.5, 0.6) is 0 Å². The fraction of sp³-hybridized carbons (Fsp3) is 0.632. The number of benzene rings is 1. The fourth-order valence-electron chi connectivity index (χ4n) is 3.30. The largest absolute Gasteiger partial charge is 0.350 e. The lowest BCUT2D eigenvalue weighted by molar-refractivity contribution is 0.0797. The standard InChI is InChI=1S/C19H29N3O3S/c1-19(2,22-11-4-3-5-12-22)14-20-18(23)15-7-6-8-17(13-15)26(24,25)21-16-9-10-16/h6-8,13,16,21H,3-5,9-12,14H2,1-2H3,(H,20,23). The van der Waals surface area contributed by atoms with Crippen molar-refractivity contribution in [2.45, 2.75) is 62.4 Å². The molecule has 1 saturated carbocycles. The van der Waals surface area contributed by atoms with Crippen molar-refractivity contribution in [2.75, 3.05) is 19.6 Å². The van der Waals surface area contributed by atoms with Gasteiger partial charge in [-0.05, 0) is 70.8 Å². The minimum Gasteiger partial charge on any atom is -0.350 e. The lowest BCUT2D eigenvalue weighted by Gasteiger charge is -2.41. The van der Waals surface area contributed by atoms with Gasteiger partial charge in [0, 0.05) is 23.7 Å². The summed E-state index contributed by atoms with van der Waals surface area (Å²) in [5.74, 6) is -0.237. The molecule has 1 aromatic rings. The summed E-state index contributed by atoms with van der Waals surface area (Å²) < 4.78 is 27.3. The first-order valence-corrected chi connectivity index (χ1v) is 10.9. The number of sulfonamides is 1. The van der Waals surface area contributed by atoms with Crippen molar-refractivity contribution >= 4 is 15.9 Å². The Labute approximate surface area is 156 Å². The Morgan fingerprint density at radius 3 is 2.54 bits per heavy atom. The second kappa shape index (κ2) is 7.66. The summed E-state index contributed by atoms with van der Waals surface area (Å²) in [6.45, 7) is 6.92. The van der Waals surface area contributed by atoms with E-state index in [2.05, 4.69) is 28.8 Å². The van der Waals surface area contributed by atoms with Gasteiger partial charge in [0.25, 0.3) is 5.91 Å². The van der Waals surface area contributed by atoms with Crippen LogP contribution in [0.3, 0.4) is 0 Å². The number of carbonyl (C=O) groups excluding carboxylic acids is 1. The van der Waals surface area contributed by atoms with Gasteiger partial charge in [0.15, 0.2) is 0 Å². The molecule has 0 unspecified atom stereocenters. The normalized spacial score (nSPS) is 19.3. The lowest BCUT2D eigenvalue weighted by atomic mass is 9.98. The van der Waals surface area contributed by atoms with Gasteiger partial charge in [-0.3, -0.25) is 9.69 Å². The molecule has 1 aromatic carbocycles. The molecule has 0 spiro atoms. The van der Waals surface area contributed by atoms with Crippen LogP contribution in [0.2, 0.25) is 0 Å². The topological polar surface area (TPSA) is 78.5 Å². The van der Waals surface area contributed by atoms with Gasteiger partial charge in [-0.2, -0.15) is 0 Å². The van der Waals surface area contributed by atoms with Crippen LogP contribution in [-0.2, 0) is 10.0 Å². The fourth-order valence-corrected chi connectivity index (χ4v) is 4.65. The third-order valence-electron chi connectivity index (χ3n) is 5.20. The Morgan fingerprint density at radius 2 is 1.88 bits per heavy atom. The number of piperidine rings is 1. The van der Waals surface area contributed by atoms with Crippen molar-refractivity contribution in [3.05, 3.63) is 29.8 Å². The third kappa shape index (κ3) is 4.84. The Balaban J connectivity index is 1.63. The van der Waals surface area contributed by atoms with Gasteiger partial charge in [-0.25, -0.2) is 13.1 Å². The van der Waals surface area contributed by atoms with Crippen molar-refractivity contribution in [1.82, 2.24) is 14.9 Å². The highest BCUT2D eigenvalue weighted by Crippen LogP contribution is 2.23. The van der Waals surface area contributed by atoms with E-state index in [4.69, 9.17) is 0 Å². The molecule has 7 heteroatoms. The zero-order valence-corrected chi connectivity index (χ0v) is 16.4. The Hall–Kier alpha value is -1.44. The summed E-state index contributed by atoms with van der Waals surface area (Å²) in [4.78, 5) is 15.1. The highest BCUT2D eigenvalue weighted by atomic mass is 32.2. The van der Waals surface area contributed by atoms with Crippen molar-refractivity contribution in [2.24, 2.45) is 0 Å². The van der Waals surface area contributed by atoms with Crippen LogP contribution < -0.4 is 10.0 Å². The van der Waals surface area contributed by atoms with E-state index >= 15 is 0 Å². The number of nitrogens with one attached hydrogen (secondary N) is 2. The number of carbonyl (C=O) groups is 1. The first-order chi connectivity index (χ1) is 12.3. The van der Waals surface area contributed by atoms with E-state index in [1.54, 1.807) is 12.1 Å². The first-order valence-electron chi connectivity index (χ1n) is 9.44. The molecule has 0 aromatic heterocycles. The van der Waals surface area contributed by atoms with Gasteiger partial charge in [0.05, 0.1) is 4.90 Å². The van der Waals surface area contributed by atoms with Crippen LogP contribution in [0.1, 0.15) is 56.3 Å². The molecule has 26 heavy (non-hydrogen) atoms. The van der Waals surface area contributed by atoms with Gasteiger partial charge >= 0.3 is 0 Å². The molecule has 1 heterocycles. The average Bonchev–Trinajstić information content (AvgIpc) is 3.44. The van der Waals surface area contributed by atoms with Crippen LogP contribution in [0, 0.1) is 0 Å². The third-order valence-corrected chi connectivity index (χ3v) is 6.72. The summed E-state index contributed by atoms with van der Waals surface area (Å²) in [6, 6.07) is 6.29. The molecule has 0 atom stereocenters. The Bertz CT molecular complexity index is 751. The van der Waals surface area contributed by atoms with Crippen LogP contribution in [0.15, 0.2) is 29.2 Å². The number of hydrogen-bond acceptors (Lipinski definition) is 4. The van der Waals surface area contributed by atoms with Gasteiger partial charge in [-0.1, -0.05) is 12.5 Å². The molecule has 1 aliphatic heterocycles. The predicted octanol–water partition coefficient (Wildman–Crippen LogP) is 2.12. The van der Waals surface area contributed by atoms with Gasteiger partial charge in [0.1, 0.15) is 0 Å². The van der Waals surface area contributed by atoms with E-state index in [0.29, 0.717) is 12.1 Å². The molecule has 2 aliphatic rings. The highest BCUT2D eigenvalue weighted by Gasteiger charge is 2.30. The van der Waals surface area contributed by atoms with E-state index < -0.39 is 10.0 Å². The second-order valence-corrected chi connectivity index (χ2v) is 9.68. The number of likely N-dealkylation sites (tertiary alicyclic amines) is 1. The van der Waals surface area contributed by atoms with E-state index in [1.165, 1.54) is 31.4 Å². The molecule has 1 saturated heterocycles. The molecular weight excluding hydrogens is 350 g/mol. The maximum atomic E-state index is 12.5.